The van der Waals surface area contributed by atoms with Gasteiger partial charge in [-0.15, -0.1) is 0 Å². The lowest BCUT2D eigenvalue weighted by Crippen LogP contribution is -2.39. The van der Waals surface area contributed by atoms with Crippen molar-refractivity contribution >= 4 is 5.91 Å². The van der Waals surface area contributed by atoms with Gasteiger partial charge in [0.05, 0.1) is 6.61 Å². The summed E-state index contributed by atoms with van der Waals surface area (Å²) in [6.07, 6.45) is 2.04. The van der Waals surface area contributed by atoms with Crippen molar-refractivity contribution in [3.05, 3.63) is 71.3 Å². The SMILES string of the molecule is Cc1ccccc1C(=O)N1CCC(COCc2ccccc2)CC1. The van der Waals surface area contributed by atoms with E-state index in [0.29, 0.717) is 12.5 Å². The topological polar surface area (TPSA) is 29.5 Å². The summed E-state index contributed by atoms with van der Waals surface area (Å²) in [6, 6.07) is 18.1. The van der Waals surface area contributed by atoms with Crippen LogP contribution < -0.4 is 0 Å². The molecule has 0 unspecified atom stereocenters. The fourth-order valence-corrected chi connectivity index (χ4v) is 3.20. The minimum Gasteiger partial charge on any atom is -0.376 e. The van der Waals surface area contributed by atoms with Crippen molar-refractivity contribution in [1.29, 1.82) is 0 Å². The van der Waals surface area contributed by atoms with Crippen LogP contribution in [0.2, 0.25) is 0 Å². The smallest absolute Gasteiger partial charge is 0.254 e. The first-order chi connectivity index (χ1) is 11.7. The minimum atomic E-state index is 0.164. The number of aryl methyl sites for hydroxylation is 1. The van der Waals surface area contributed by atoms with Crippen molar-refractivity contribution in [1.82, 2.24) is 4.90 Å². The molecule has 0 radical (unpaired) electrons. The molecule has 1 amide bonds. The summed E-state index contributed by atoms with van der Waals surface area (Å²) in [6.45, 7) is 5.10. The van der Waals surface area contributed by atoms with Crippen LogP contribution in [-0.4, -0.2) is 30.5 Å². The number of piperidine rings is 1. The number of amides is 1. The number of nitrogens with zero attached hydrogens (tertiary/aromatic N) is 1. The Morgan fingerprint density at radius 1 is 1.04 bits per heavy atom. The normalized spacial score (nSPS) is 15.5. The second kappa shape index (κ2) is 8.11. The van der Waals surface area contributed by atoms with E-state index in [2.05, 4.69) is 12.1 Å². The molecule has 0 atom stereocenters. The molecule has 1 fully saturated rings. The number of rotatable bonds is 5. The third-order valence-electron chi connectivity index (χ3n) is 4.74. The number of carbonyl (C=O) groups is 1. The molecule has 1 aliphatic heterocycles. The van der Waals surface area contributed by atoms with Crippen molar-refractivity contribution in [3.8, 4) is 0 Å². The van der Waals surface area contributed by atoms with Gasteiger partial charge in [0.15, 0.2) is 0 Å². The van der Waals surface area contributed by atoms with Crippen LogP contribution in [0.1, 0.15) is 34.3 Å². The van der Waals surface area contributed by atoms with Gasteiger partial charge in [-0.2, -0.15) is 0 Å². The lowest BCUT2D eigenvalue weighted by atomic mass is 9.96. The molecule has 0 N–H and O–H groups in total. The average molecular weight is 323 g/mol. The first-order valence-electron chi connectivity index (χ1n) is 8.70. The van der Waals surface area contributed by atoms with E-state index >= 15 is 0 Å². The van der Waals surface area contributed by atoms with Crippen molar-refractivity contribution in [2.24, 2.45) is 5.92 Å². The first-order valence-corrected chi connectivity index (χ1v) is 8.70. The van der Waals surface area contributed by atoms with Crippen LogP contribution in [0.3, 0.4) is 0 Å². The molecule has 3 heteroatoms. The van der Waals surface area contributed by atoms with Gasteiger partial charge in [-0.05, 0) is 42.9 Å². The third kappa shape index (κ3) is 4.24. The maximum Gasteiger partial charge on any atom is 0.254 e. The largest absolute Gasteiger partial charge is 0.376 e. The van der Waals surface area contributed by atoms with Gasteiger partial charge in [0.2, 0.25) is 0 Å². The summed E-state index contributed by atoms with van der Waals surface area (Å²) in [4.78, 5) is 14.6. The van der Waals surface area contributed by atoms with Crippen molar-refractivity contribution < 1.29 is 9.53 Å². The van der Waals surface area contributed by atoms with Gasteiger partial charge in [0.25, 0.3) is 5.91 Å². The highest BCUT2D eigenvalue weighted by Gasteiger charge is 2.24. The highest BCUT2D eigenvalue weighted by molar-refractivity contribution is 5.95. The first kappa shape index (κ1) is 16.7. The van der Waals surface area contributed by atoms with Crippen molar-refractivity contribution in [2.45, 2.75) is 26.4 Å². The van der Waals surface area contributed by atoms with E-state index in [1.54, 1.807) is 0 Å². The van der Waals surface area contributed by atoms with Crippen LogP contribution in [0.25, 0.3) is 0 Å². The molecule has 126 valence electrons. The molecule has 2 aromatic rings. The zero-order valence-corrected chi connectivity index (χ0v) is 14.3. The van der Waals surface area contributed by atoms with Gasteiger partial charge in [-0.3, -0.25) is 4.79 Å². The van der Waals surface area contributed by atoms with E-state index in [-0.39, 0.29) is 5.91 Å². The molecule has 0 aliphatic carbocycles. The molecule has 1 aliphatic rings. The van der Waals surface area contributed by atoms with E-state index in [1.165, 1.54) is 5.56 Å². The summed E-state index contributed by atoms with van der Waals surface area (Å²) < 4.78 is 5.86. The molecule has 0 bridgehead atoms. The Hall–Kier alpha value is -2.13. The Labute approximate surface area is 144 Å². The van der Waals surface area contributed by atoms with Gasteiger partial charge in [0, 0.05) is 25.3 Å². The van der Waals surface area contributed by atoms with E-state index in [0.717, 1.165) is 43.7 Å². The maximum atomic E-state index is 12.6. The molecule has 3 rings (SSSR count). The fourth-order valence-electron chi connectivity index (χ4n) is 3.20. The highest BCUT2D eigenvalue weighted by Crippen LogP contribution is 2.21. The lowest BCUT2D eigenvalue weighted by Gasteiger charge is -2.32. The van der Waals surface area contributed by atoms with Crippen LogP contribution in [-0.2, 0) is 11.3 Å². The fraction of sp³-hybridized carbons (Fsp3) is 0.381. The van der Waals surface area contributed by atoms with Crippen LogP contribution in [0.5, 0.6) is 0 Å². The summed E-state index contributed by atoms with van der Waals surface area (Å²) in [5, 5.41) is 0. The third-order valence-corrected chi connectivity index (χ3v) is 4.74. The van der Waals surface area contributed by atoms with Crippen LogP contribution in [0.15, 0.2) is 54.6 Å². The zero-order chi connectivity index (χ0) is 16.8. The summed E-state index contributed by atoms with van der Waals surface area (Å²) in [5.74, 6) is 0.714. The van der Waals surface area contributed by atoms with E-state index < -0.39 is 0 Å². The number of ether oxygens (including phenoxy) is 1. The molecule has 0 spiro atoms. The van der Waals surface area contributed by atoms with Gasteiger partial charge in [-0.1, -0.05) is 48.5 Å². The second-order valence-electron chi connectivity index (χ2n) is 6.55. The number of benzene rings is 2. The predicted molar refractivity (Wildman–Crippen MR) is 95.9 cm³/mol. The monoisotopic (exact) mass is 323 g/mol. The van der Waals surface area contributed by atoms with E-state index in [1.807, 2.05) is 54.3 Å². The predicted octanol–water partition coefficient (Wildman–Crippen LogP) is 4.06. The van der Waals surface area contributed by atoms with E-state index in [4.69, 9.17) is 4.74 Å². The Bertz CT molecular complexity index is 661. The van der Waals surface area contributed by atoms with Crippen LogP contribution >= 0.6 is 0 Å². The number of likely N-dealkylation sites (tertiary alicyclic amines) is 1. The van der Waals surface area contributed by atoms with Gasteiger partial charge >= 0.3 is 0 Å². The average Bonchev–Trinajstić information content (AvgIpc) is 2.63. The van der Waals surface area contributed by atoms with E-state index in [9.17, 15) is 4.79 Å². The lowest BCUT2D eigenvalue weighted by molar-refractivity contribution is 0.0478. The Morgan fingerprint density at radius 3 is 2.42 bits per heavy atom. The molecule has 0 aromatic heterocycles. The standard InChI is InChI=1S/C21H25NO2/c1-17-7-5-6-10-20(17)21(23)22-13-11-19(12-14-22)16-24-15-18-8-3-2-4-9-18/h2-10,19H,11-16H2,1H3. The number of hydrogen-bond donors (Lipinski definition) is 0. The molecule has 2 aromatic carbocycles. The number of hydrogen-bond acceptors (Lipinski definition) is 2. The van der Waals surface area contributed by atoms with Crippen molar-refractivity contribution in [3.63, 3.8) is 0 Å². The second-order valence-corrected chi connectivity index (χ2v) is 6.55. The Kier molecular flexibility index (Phi) is 5.65. The molecule has 3 nitrogen and oxygen atoms in total. The van der Waals surface area contributed by atoms with Crippen LogP contribution in [0.4, 0.5) is 0 Å². The Morgan fingerprint density at radius 2 is 1.71 bits per heavy atom. The summed E-state index contributed by atoms with van der Waals surface area (Å²) in [7, 11) is 0. The van der Waals surface area contributed by atoms with Crippen molar-refractivity contribution in [2.75, 3.05) is 19.7 Å². The number of carbonyl (C=O) groups excluding carboxylic acids is 1. The van der Waals surface area contributed by atoms with Gasteiger partial charge < -0.3 is 9.64 Å². The molecular formula is C21H25NO2. The molecular weight excluding hydrogens is 298 g/mol. The molecule has 0 saturated carbocycles. The highest BCUT2D eigenvalue weighted by atomic mass is 16.5. The van der Waals surface area contributed by atoms with Gasteiger partial charge in [-0.25, -0.2) is 0 Å². The zero-order valence-electron chi connectivity index (χ0n) is 14.3. The minimum absolute atomic E-state index is 0.164. The maximum absolute atomic E-state index is 12.6. The van der Waals surface area contributed by atoms with Gasteiger partial charge in [0.1, 0.15) is 0 Å². The summed E-state index contributed by atoms with van der Waals surface area (Å²) in [5.41, 5.74) is 3.09. The Balaban J connectivity index is 1.44. The summed E-state index contributed by atoms with van der Waals surface area (Å²) >= 11 is 0. The molecule has 1 saturated heterocycles. The molecule has 1 heterocycles. The quantitative estimate of drug-likeness (QED) is 0.830. The molecule has 24 heavy (non-hydrogen) atoms. The van der Waals surface area contributed by atoms with Crippen LogP contribution in [0, 0.1) is 12.8 Å².